The first-order valence-electron chi connectivity index (χ1n) is 4.71. The van der Waals surface area contributed by atoms with Gasteiger partial charge in [-0.1, -0.05) is 12.1 Å². The fraction of sp³-hybridized carbons (Fsp3) is 0.455. The van der Waals surface area contributed by atoms with Gasteiger partial charge < -0.3 is 14.2 Å². The van der Waals surface area contributed by atoms with Gasteiger partial charge in [0.1, 0.15) is 18.5 Å². The van der Waals surface area contributed by atoms with Crippen molar-refractivity contribution in [3.63, 3.8) is 0 Å². The predicted molar refractivity (Wildman–Crippen MR) is 52.4 cm³/mol. The van der Waals surface area contributed by atoms with E-state index in [1.54, 1.807) is 7.11 Å². The van der Waals surface area contributed by atoms with Crippen LogP contribution in [0.25, 0.3) is 0 Å². The fourth-order valence-corrected chi connectivity index (χ4v) is 1.20. The number of benzene rings is 1. The predicted octanol–water partition coefficient (Wildman–Crippen LogP) is 1.61. The topological polar surface area (TPSA) is 31.0 Å². The van der Waals surface area contributed by atoms with E-state index in [4.69, 9.17) is 14.2 Å². The van der Waals surface area contributed by atoms with E-state index in [9.17, 15) is 0 Å². The quantitative estimate of drug-likeness (QED) is 0.667. The van der Waals surface area contributed by atoms with Gasteiger partial charge in [0.25, 0.3) is 0 Å². The molecule has 1 aromatic carbocycles. The molecule has 14 heavy (non-hydrogen) atoms. The summed E-state index contributed by atoms with van der Waals surface area (Å²) in [5.74, 6) is 0.889. The van der Waals surface area contributed by atoms with Crippen LogP contribution in [0.3, 0.4) is 0 Å². The summed E-state index contributed by atoms with van der Waals surface area (Å²) in [6, 6.07) is 7.92. The number of rotatable bonds is 5. The van der Waals surface area contributed by atoms with Crippen molar-refractivity contribution in [2.75, 3.05) is 20.3 Å². The lowest BCUT2D eigenvalue weighted by Gasteiger charge is -2.04. The van der Waals surface area contributed by atoms with Gasteiger partial charge in [0.2, 0.25) is 0 Å². The zero-order valence-corrected chi connectivity index (χ0v) is 8.23. The van der Waals surface area contributed by atoms with Crippen LogP contribution in [0.2, 0.25) is 0 Å². The zero-order chi connectivity index (χ0) is 9.80. The molecule has 1 aliphatic heterocycles. The summed E-state index contributed by atoms with van der Waals surface area (Å²) in [5.41, 5.74) is 1.16. The molecule has 0 N–H and O–H groups in total. The zero-order valence-electron chi connectivity index (χ0n) is 8.23. The first-order valence-corrected chi connectivity index (χ1v) is 4.71. The van der Waals surface area contributed by atoms with E-state index in [2.05, 4.69) is 0 Å². The maximum atomic E-state index is 5.50. The smallest absolute Gasteiger partial charge is 0.119 e. The van der Waals surface area contributed by atoms with Crippen LogP contribution in [-0.2, 0) is 16.1 Å². The second kappa shape index (κ2) is 4.44. The molecule has 1 saturated heterocycles. The molecule has 0 aliphatic carbocycles. The summed E-state index contributed by atoms with van der Waals surface area (Å²) in [4.78, 5) is 0. The molecule has 1 aromatic rings. The van der Waals surface area contributed by atoms with Crippen molar-refractivity contribution in [1.82, 2.24) is 0 Å². The Morgan fingerprint density at radius 3 is 2.64 bits per heavy atom. The van der Waals surface area contributed by atoms with Crippen molar-refractivity contribution in [1.29, 1.82) is 0 Å². The Kier molecular flexibility index (Phi) is 3.01. The average Bonchev–Trinajstić information content (AvgIpc) is 3.01. The summed E-state index contributed by atoms with van der Waals surface area (Å²) in [6.07, 6.45) is 0.314. The van der Waals surface area contributed by atoms with Crippen LogP contribution in [0.1, 0.15) is 5.56 Å². The number of ether oxygens (including phenoxy) is 3. The minimum absolute atomic E-state index is 0.314. The van der Waals surface area contributed by atoms with Gasteiger partial charge in [0.15, 0.2) is 0 Å². The minimum atomic E-state index is 0.314. The Morgan fingerprint density at radius 2 is 2.07 bits per heavy atom. The first-order chi connectivity index (χ1) is 6.88. The van der Waals surface area contributed by atoms with Gasteiger partial charge in [-0.25, -0.2) is 0 Å². The molecule has 3 nitrogen and oxygen atoms in total. The Hall–Kier alpha value is -1.06. The third-order valence-corrected chi connectivity index (χ3v) is 2.07. The molecule has 1 unspecified atom stereocenters. The summed E-state index contributed by atoms with van der Waals surface area (Å²) in [5, 5.41) is 0. The van der Waals surface area contributed by atoms with E-state index in [-0.39, 0.29) is 0 Å². The second-order valence-corrected chi connectivity index (χ2v) is 3.34. The lowest BCUT2D eigenvalue weighted by atomic mass is 10.2. The monoisotopic (exact) mass is 194 g/mol. The molecule has 76 valence electrons. The molecule has 3 heteroatoms. The van der Waals surface area contributed by atoms with E-state index in [0.29, 0.717) is 19.3 Å². The molecule has 2 rings (SSSR count). The van der Waals surface area contributed by atoms with Gasteiger partial charge in [0, 0.05) is 7.11 Å². The minimum Gasteiger partial charge on any atom is -0.491 e. The summed E-state index contributed by atoms with van der Waals surface area (Å²) >= 11 is 0. The van der Waals surface area contributed by atoms with Crippen LogP contribution in [0.15, 0.2) is 24.3 Å². The summed E-state index contributed by atoms with van der Waals surface area (Å²) < 4.78 is 15.6. The third-order valence-electron chi connectivity index (χ3n) is 2.07. The van der Waals surface area contributed by atoms with Crippen molar-refractivity contribution >= 4 is 0 Å². The second-order valence-electron chi connectivity index (χ2n) is 3.34. The van der Waals surface area contributed by atoms with E-state index in [0.717, 1.165) is 17.9 Å². The first kappa shape index (κ1) is 9.49. The molecule has 0 radical (unpaired) electrons. The van der Waals surface area contributed by atoms with Gasteiger partial charge in [-0.2, -0.15) is 0 Å². The molecular weight excluding hydrogens is 180 g/mol. The fourth-order valence-electron chi connectivity index (χ4n) is 1.20. The number of epoxide rings is 1. The number of hydrogen-bond acceptors (Lipinski definition) is 3. The highest BCUT2D eigenvalue weighted by atomic mass is 16.6. The molecule has 0 spiro atoms. The standard InChI is InChI=1S/C11H14O3/c1-12-6-9-2-4-10(5-3-9)13-7-11-8-14-11/h2-5,11H,6-8H2,1H3. The van der Waals surface area contributed by atoms with Crippen LogP contribution in [0.5, 0.6) is 5.75 Å². The van der Waals surface area contributed by atoms with Gasteiger partial charge >= 0.3 is 0 Å². The Bertz CT molecular complexity index is 277. The van der Waals surface area contributed by atoms with E-state index in [1.165, 1.54) is 0 Å². The van der Waals surface area contributed by atoms with Crippen molar-refractivity contribution < 1.29 is 14.2 Å². The Labute approximate surface area is 83.6 Å². The van der Waals surface area contributed by atoms with Crippen LogP contribution in [-0.4, -0.2) is 26.4 Å². The number of hydrogen-bond donors (Lipinski definition) is 0. The third kappa shape index (κ3) is 2.72. The summed E-state index contributed by atoms with van der Waals surface area (Å²) in [7, 11) is 1.69. The highest BCUT2D eigenvalue weighted by Crippen LogP contribution is 2.15. The van der Waals surface area contributed by atoms with Crippen LogP contribution in [0.4, 0.5) is 0 Å². The normalized spacial score (nSPS) is 19.4. The Morgan fingerprint density at radius 1 is 1.36 bits per heavy atom. The largest absolute Gasteiger partial charge is 0.491 e. The summed E-state index contributed by atoms with van der Waals surface area (Å²) in [6.45, 7) is 2.14. The van der Waals surface area contributed by atoms with Crippen molar-refractivity contribution in [2.24, 2.45) is 0 Å². The van der Waals surface area contributed by atoms with Crippen LogP contribution < -0.4 is 4.74 Å². The van der Waals surface area contributed by atoms with Crippen molar-refractivity contribution in [3.05, 3.63) is 29.8 Å². The van der Waals surface area contributed by atoms with Gasteiger partial charge in [-0.05, 0) is 17.7 Å². The SMILES string of the molecule is COCc1ccc(OCC2CO2)cc1. The lowest BCUT2D eigenvalue weighted by Crippen LogP contribution is -2.03. The molecule has 0 aromatic heterocycles. The molecule has 1 heterocycles. The van der Waals surface area contributed by atoms with Crippen LogP contribution >= 0.6 is 0 Å². The molecule has 0 amide bonds. The van der Waals surface area contributed by atoms with Crippen molar-refractivity contribution in [3.8, 4) is 5.75 Å². The lowest BCUT2D eigenvalue weighted by molar-refractivity contribution is 0.184. The Balaban J connectivity index is 1.84. The molecule has 0 bridgehead atoms. The van der Waals surface area contributed by atoms with Crippen molar-refractivity contribution in [2.45, 2.75) is 12.7 Å². The highest BCUT2D eigenvalue weighted by Gasteiger charge is 2.22. The molecule has 0 saturated carbocycles. The van der Waals surface area contributed by atoms with E-state index >= 15 is 0 Å². The molecular formula is C11H14O3. The number of methoxy groups -OCH3 is 1. The molecule has 1 fully saturated rings. The molecule has 1 aliphatic rings. The maximum absolute atomic E-state index is 5.50. The molecule has 1 atom stereocenters. The average molecular weight is 194 g/mol. The van der Waals surface area contributed by atoms with Crippen LogP contribution in [0, 0.1) is 0 Å². The highest BCUT2D eigenvalue weighted by molar-refractivity contribution is 5.26. The van der Waals surface area contributed by atoms with Gasteiger partial charge in [0.05, 0.1) is 13.2 Å². The van der Waals surface area contributed by atoms with Gasteiger partial charge in [-0.15, -0.1) is 0 Å². The maximum Gasteiger partial charge on any atom is 0.119 e. The van der Waals surface area contributed by atoms with E-state index < -0.39 is 0 Å². The van der Waals surface area contributed by atoms with E-state index in [1.807, 2.05) is 24.3 Å². The van der Waals surface area contributed by atoms with Gasteiger partial charge in [-0.3, -0.25) is 0 Å².